The molecule has 0 aromatic heterocycles. The van der Waals surface area contributed by atoms with E-state index in [-0.39, 0.29) is 43.7 Å². The molecule has 202 valence electrons. The molecule has 0 aromatic rings. The normalized spacial score (nSPS) is 15.0. The highest BCUT2D eigenvalue weighted by Crippen LogP contribution is 2.08. The average molecular weight is 519 g/mol. The lowest BCUT2D eigenvalue weighted by molar-refractivity contribution is -0.137. The molecule has 0 aliphatic carbocycles. The Morgan fingerprint density at radius 2 is 1.68 bits per heavy atom. The van der Waals surface area contributed by atoms with Crippen molar-refractivity contribution in [3.8, 4) is 0 Å². The van der Waals surface area contributed by atoms with Crippen LogP contribution in [0.15, 0.2) is 17.1 Å². The molecule has 1 rings (SSSR count). The molecule has 0 saturated heterocycles. The molecule has 8 N–H and O–H groups in total. The molecule has 3 atom stereocenters. The molecular weight excluding hydrogens is 485 g/mol. The van der Waals surface area contributed by atoms with Crippen molar-refractivity contribution in [2.24, 2.45) is 16.5 Å². The third-order valence-corrected chi connectivity index (χ3v) is 5.28. The van der Waals surface area contributed by atoms with Gasteiger partial charge in [-0.2, -0.15) is 0 Å². The van der Waals surface area contributed by atoms with Gasteiger partial charge < -0.3 is 37.3 Å². The molecule has 5 amide bonds. The molecule has 1 aliphatic rings. The zero-order valence-electron chi connectivity index (χ0n) is 20.8. The topological polar surface area (TPSA) is 226 Å². The van der Waals surface area contributed by atoms with E-state index < -0.39 is 48.1 Å². The number of unbranched alkanes of at least 4 members (excludes halogenated alkanes) is 2. The number of nitrogens with two attached hydrogens (primary N) is 2. The highest BCUT2D eigenvalue weighted by atomic mass is 16.3. The summed E-state index contributed by atoms with van der Waals surface area (Å²) in [5, 5.41) is 17.3. The number of amides is 5. The molecule has 0 fully saturated rings. The summed E-state index contributed by atoms with van der Waals surface area (Å²) < 4.78 is 0. The van der Waals surface area contributed by atoms with Crippen molar-refractivity contribution in [1.82, 2.24) is 20.9 Å². The van der Waals surface area contributed by atoms with Gasteiger partial charge >= 0.3 is 0 Å². The first-order chi connectivity index (χ1) is 17.4. The molecule has 1 heterocycles. The van der Waals surface area contributed by atoms with Gasteiger partial charge in [-0.05, 0) is 32.6 Å². The Morgan fingerprint density at radius 1 is 1.03 bits per heavy atom. The average Bonchev–Trinajstić information content (AvgIpc) is 3.14. The summed E-state index contributed by atoms with van der Waals surface area (Å²) in [7, 11) is 5.04. The summed E-state index contributed by atoms with van der Waals surface area (Å²) in [4.78, 5) is 76.5. The molecular formula is C22H34BN7O7. The number of hydrogen-bond acceptors (Lipinski definition) is 8. The van der Waals surface area contributed by atoms with Gasteiger partial charge in [0.25, 0.3) is 11.8 Å². The third kappa shape index (κ3) is 12.2. The molecule has 1 aliphatic heterocycles. The van der Waals surface area contributed by atoms with Crippen molar-refractivity contribution in [2.75, 3.05) is 19.6 Å². The third-order valence-electron chi connectivity index (χ3n) is 5.28. The Bertz CT molecular complexity index is 901. The Balaban J connectivity index is 2.60. The quantitative estimate of drug-likeness (QED) is 0.0371. The summed E-state index contributed by atoms with van der Waals surface area (Å²) in [5.41, 5.74) is 9.76. The van der Waals surface area contributed by atoms with Crippen molar-refractivity contribution >= 4 is 49.0 Å². The van der Waals surface area contributed by atoms with Crippen LogP contribution in [0.25, 0.3) is 0 Å². The summed E-state index contributed by atoms with van der Waals surface area (Å²) in [6, 6.07) is -2.45. The number of aliphatic imine (C=N–C) groups is 1. The highest BCUT2D eigenvalue weighted by molar-refractivity contribution is 6.58. The first-order valence-electron chi connectivity index (χ1n) is 11.8. The van der Waals surface area contributed by atoms with Crippen LogP contribution in [0.3, 0.4) is 0 Å². The molecule has 0 aromatic carbocycles. The highest BCUT2D eigenvalue weighted by Gasteiger charge is 2.29. The number of carbonyl (C=O) groups is 6. The van der Waals surface area contributed by atoms with Crippen LogP contribution in [-0.2, 0) is 28.8 Å². The van der Waals surface area contributed by atoms with Gasteiger partial charge in [0.2, 0.25) is 17.7 Å². The number of rotatable bonds is 17. The van der Waals surface area contributed by atoms with Crippen LogP contribution < -0.4 is 27.4 Å². The van der Waals surface area contributed by atoms with Gasteiger partial charge in [0, 0.05) is 31.7 Å². The van der Waals surface area contributed by atoms with Gasteiger partial charge in [-0.1, -0.05) is 6.42 Å². The molecule has 0 bridgehead atoms. The lowest BCUT2D eigenvalue weighted by Crippen LogP contribution is -2.57. The summed E-state index contributed by atoms with van der Waals surface area (Å²) in [5.74, 6) is -2.86. The van der Waals surface area contributed by atoms with E-state index in [4.69, 9.17) is 19.3 Å². The summed E-state index contributed by atoms with van der Waals surface area (Å²) in [6.07, 6.45) is 3.06. The Labute approximate surface area is 216 Å². The van der Waals surface area contributed by atoms with Gasteiger partial charge in [0.05, 0.1) is 18.3 Å². The maximum absolute atomic E-state index is 12.8. The number of aliphatic hydroxyl groups is 1. The molecule has 37 heavy (non-hydrogen) atoms. The van der Waals surface area contributed by atoms with Crippen LogP contribution >= 0.6 is 0 Å². The second-order valence-corrected chi connectivity index (χ2v) is 8.45. The standard InChI is InChI=1S/C22H34BN7O7/c1-13(31)19(29-16(33)7-3-2-4-11-30-17(34)8-9-18(30)35)21(37)28-14(6-5-10-26-22(24)25)20(36)27-12-15(23)32/h8-9,13-14,19,31H,2-7,10-12H2,1H3,(H,27,36)(H,28,37)(H,29,33)(H4,24,25,26)/t13-,14+,19+/m1/s1. The lowest BCUT2D eigenvalue weighted by Gasteiger charge is -2.24. The van der Waals surface area contributed by atoms with Crippen molar-refractivity contribution in [1.29, 1.82) is 0 Å². The smallest absolute Gasteiger partial charge is 0.253 e. The first kappa shape index (κ1) is 31.3. The molecule has 2 radical (unpaired) electrons. The van der Waals surface area contributed by atoms with Crippen molar-refractivity contribution in [3.05, 3.63) is 12.2 Å². The number of nitrogens with one attached hydrogen (secondary N) is 3. The zero-order valence-corrected chi connectivity index (χ0v) is 20.8. The monoisotopic (exact) mass is 519 g/mol. The molecule has 0 unspecified atom stereocenters. The zero-order chi connectivity index (χ0) is 28.0. The number of guanidine groups is 1. The Kier molecular flexibility index (Phi) is 13.6. The fraction of sp³-hybridized carbons (Fsp3) is 0.591. The minimum atomic E-state index is -1.34. The fourth-order valence-corrected chi connectivity index (χ4v) is 3.37. The number of imide groups is 1. The van der Waals surface area contributed by atoms with Crippen LogP contribution in [0.5, 0.6) is 0 Å². The fourth-order valence-electron chi connectivity index (χ4n) is 3.37. The second kappa shape index (κ2) is 16.1. The van der Waals surface area contributed by atoms with Crippen LogP contribution in [0.2, 0.25) is 0 Å². The maximum atomic E-state index is 12.8. The molecule has 0 spiro atoms. The van der Waals surface area contributed by atoms with E-state index in [0.717, 1.165) is 4.90 Å². The SMILES string of the molecule is [B]C(=O)CNC(=O)[C@H](CCCN=C(N)N)NC(=O)[C@@H](NC(=O)CCCCCN1C(=O)C=CC1=O)[C@@H](C)O. The summed E-state index contributed by atoms with van der Waals surface area (Å²) >= 11 is 0. The van der Waals surface area contributed by atoms with E-state index in [1.54, 1.807) is 0 Å². The number of aliphatic hydroxyl groups excluding tert-OH is 1. The van der Waals surface area contributed by atoms with E-state index in [9.17, 15) is 33.9 Å². The van der Waals surface area contributed by atoms with Gasteiger partial charge in [0.1, 0.15) is 12.1 Å². The number of hydrogen-bond donors (Lipinski definition) is 6. The molecule has 0 saturated carbocycles. The van der Waals surface area contributed by atoms with E-state index in [2.05, 4.69) is 20.9 Å². The Morgan fingerprint density at radius 3 is 2.24 bits per heavy atom. The van der Waals surface area contributed by atoms with Gasteiger partial charge in [-0.25, -0.2) is 0 Å². The van der Waals surface area contributed by atoms with Crippen molar-refractivity contribution in [3.63, 3.8) is 0 Å². The first-order valence-corrected chi connectivity index (χ1v) is 11.8. The second-order valence-electron chi connectivity index (χ2n) is 8.45. The van der Waals surface area contributed by atoms with Gasteiger partial charge in [0.15, 0.2) is 13.8 Å². The minimum Gasteiger partial charge on any atom is -0.391 e. The molecule has 14 nitrogen and oxygen atoms in total. The van der Waals surface area contributed by atoms with E-state index >= 15 is 0 Å². The van der Waals surface area contributed by atoms with Gasteiger partial charge in [-0.3, -0.25) is 33.9 Å². The van der Waals surface area contributed by atoms with Crippen molar-refractivity contribution < 1.29 is 33.9 Å². The van der Waals surface area contributed by atoms with Crippen LogP contribution in [0.1, 0.15) is 45.4 Å². The van der Waals surface area contributed by atoms with E-state index in [0.29, 0.717) is 25.7 Å². The van der Waals surface area contributed by atoms with Crippen LogP contribution in [-0.4, -0.2) is 96.9 Å². The maximum Gasteiger partial charge on any atom is 0.253 e. The largest absolute Gasteiger partial charge is 0.391 e. The van der Waals surface area contributed by atoms with E-state index in [1.807, 2.05) is 0 Å². The number of carbonyl (C=O) groups excluding carboxylic acids is 6. The number of nitrogens with zero attached hydrogens (tertiary/aromatic N) is 2. The molecule has 15 heteroatoms. The Hall–Kier alpha value is -3.75. The van der Waals surface area contributed by atoms with Gasteiger partial charge in [-0.15, -0.1) is 0 Å². The van der Waals surface area contributed by atoms with Crippen molar-refractivity contribution in [2.45, 2.75) is 63.6 Å². The minimum absolute atomic E-state index is 0.0394. The predicted octanol–water partition coefficient (Wildman–Crippen LogP) is -3.31. The lowest BCUT2D eigenvalue weighted by atomic mass is 10.0. The van der Waals surface area contributed by atoms with Crippen LogP contribution in [0, 0.1) is 0 Å². The van der Waals surface area contributed by atoms with E-state index in [1.165, 1.54) is 19.1 Å². The van der Waals surface area contributed by atoms with Crippen LogP contribution in [0.4, 0.5) is 0 Å². The summed E-state index contributed by atoms with van der Waals surface area (Å²) in [6.45, 7) is 1.30. The predicted molar refractivity (Wildman–Crippen MR) is 134 cm³/mol.